The molecule has 3 rings (SSSR count). The fourth-order valence-electron chi connectivity index (χ4n) is 3.18. The van der Waals surface area contributed by atoms with E-state index < -0.39 is 15.1 Å². The lowest BCUT2D eigenvalue weighted by Gasteiger charge is -2.20. The van der Waals surface area contributed by atoms with Crippen LogP contribution in [0.5, 0.6) is 0 Å². The van der Waals surface area contributed by atoms with Crippen LogP contribution >= 0.6 is 11.6 Å². The Morgan fingerprint density at radius 1 is 1.28 bits per heavy atom. The Balaban J connectivity index is 1.88. The fraction of sp³-hybridized carbons (Fsp3) is 0.412. The number of carbonyl (C=O) groups excluding carboxylic acids is 1. The largest absolute Gasteiger partial charge is 0.361 e. The smallest absolute Gasteiger partial charge is 0.259 e. The van der Waals surface area contributed by atoms with Crippen molar-refractivity contribution in [3.8, 4) is 0 Å². The molecule has 1 aliphatic rings. The third-order valence-electron chi connectivity index (χ3n) is 4.53. The molecule has 1 aliphatic heterocycles. The number of aromatic nitrogens is 1. The number of halogens is 1. The fourth-order valence-corrected chi connectivity index (χ4v) is 5.33. The van der Waals surface area contributed by atoms with Crippen molar-refractivity contribution in [2.75, 3.05) is 18.8 Å². The van der Waals surface area contributed by atoms with Gasteiger partial charge in [0.1, 0.15) is 11.3 Å². The first kappa shape index (κ1) is 17.9. The van der Waals surface area contributed by atoms with Crippen LogP contribution in [0.15, 0.2) is 28.8 Å². The molecule has 0 aliphatic carbocycles. The van der Waals surface area contributed by atoms with Crippen molar-refractivity contribution >= 4 is 27.3 Å². The van der Waals surface area contributed by atoms with Crippen molar-refractivity contribution in [2.24, 2.45) is 0 Å². The topological polar surface area (TPSA) is 80.5 Å². The number of nitrogens with zero attached hydrogens (tertiary/aromatic N) is 2. The van der Waals surface area contributed by atoms with Gasteiger partial charge in [0.15, 0.2) is 9.84 Å². The van der Waals surface area contributed by atoms with E-state index >= 15 is 0 Å². The molecule has 0 spiro atoms. The standard InChI is InChI=1S/C17H19ClN2O4S/c1-11-16(12(2)24-19-11)17(21)20-8-7-15(25(22,23)10-9-20)13-5-3-4-6-14(13)18/h3-6,15H,7-10H2,1-2H3/t15-/m1/s1. The summed E-state index contributed by atoms with van der Waals surface area (Å²) in [7, 11) is -3.41. The van der Waals surface area contributed by atoms with E-state index in [2.05, 4.69) is 5.16 Å². The van der Waals surface area contributed by atoms with E-state index in [1.807, 2.05) is 0 Å². The summed E-state index contributed by atoms with van der Waals surface area (Å²) in [5, 5.41) is 3.53. The van der Waals surface area contributed by atoms with Gasteiger partial charge in [0, 0.05) is 18.1 Å². The summed E-state index contributed by atoms with van der Waals surface area (Å²) in [6, 6.07) is 6.96. The monoisotopic (exact) mass is 382 g/mol. The van der Waals surface area contributed by atoms with Gasteiger partial charge in [-0.05, 0) is 31.9 Å². The van der Waals surface area contributed by atoms with Gasteiger partial charge in [-0.15, -0.1) is 0 Å². The van der Waals surface area contributed by atoms with Gasteiger partial charge in [0.05, 0.1) is 16.7 Å². The van der Waals surface area contributed by atoms with Crippen molar-refractivity contribution in [2.45, 2.75) is 25.5 Å². The zero-order valence-electron chi connectivity index (χ0n) is 14.0. The molecule has 0 radical (unpaired) electrons. The summed E-state index contributed by atoms with van der Waals surface area (Å²) < 4.78 is 30.5. The van der Waals surface area contributed by atoms with Crippen molar-refractivity contribution in [3.05, 3.63) is 51.9 Å². The first-order valence-electron chi connectivity index (χ1n) is 7.99. The molecule has 2 heterocycles. The Hall–Kier alpha value is -1.86. The van der Waals surface area contributed by atoms with Crippen molar-refractivity contribution in [1.29, 1.82) is 0 Å². The van der Waals surface area contributed by atoms with E-state index in [-0.39, 0.29) is 18.2 Å². The van der Waals surface area contributed by atoms with Gasteiger partial charge in [-0.25, -0.2) is 8.42 Å². The molecular formula is C17H19ClN2O4S. The first-order chi connectivity index (χ1) is 11.8. The average Bonchev–Trinajstić information content (AvgIpc) is 2.80. The lowest BCUT2D eigenvalue weighted by atomic mass is 10.1. The predicted octanol–water partition coefficient (Wildman–Crippen LogP) is 2.95. The normalized spacial score (nSPS) is 20.3. The van der Waals surface area contributed by atoms with Gasteiger partial charge in [-0.1, -0.05) is 35.0 Å². The Morgan fingerprint density at radius 3 is 2.64 bits per heavy atom. The van der Waals surface area contributed by atoms with Crippen molar-refractivity contribution in [3.63, 3.8) is 0 Å². The maximum Gasteiger partial charge on any atom is 0.259 e. The minimum atomic E-state index is -3.41. The van der Waals surface area contributed by atoms with E-state index in [9.17, 15) is 13.2 Å². The molecule has 0 bridgehead atoms. The Labute approximate surface area is 151 Å². The number of rotatable bonds is 2. The summed E-state index contributed by atoms with van der Waals surface area (Å²) in [6.07, 6.45) is 0.307. The highest BCUT2D eigenvalue weighted by Gasteiger charge is 2.35. The average molecular weight is 383 g/mol. The van der Waals surface area contributed by atoms with Gasteiger partial charge >= 0.3 is 0 Å². The second kappa shape index (κ2) is 6.80. The van der Waals surface area contributed by atoms with Crippen molar-refractivity contribution < 1.29 is 17.7 Å². The third kappa shape index (κ3) is 3.43. The summed E-state index contributed by atoms with van der Waals surface area (Å²) in [5.41, 5.74) is 1.52. The van der Waals surface area contributed by atoms with E-state index in [0.29, 0.717) is 40.6 Å². The van der Waals surface area contributed by atoms with Crippen LogP contribution in [0, 0.1) is 13.8 Å². The van der Waals surface area contributed by atoms with Crippen LogP contribution < -0.4 is 0 Å². The minimum absolute atomic E-state index is 0.0992. The predicted molar refractivity (Wildman–Crippen MR) is 94.5 cm³/mol. The molecule has 0 saturated carbocycles. The van der Waals surface area contributed by atoms with E-state index in [0.717, 1.165) is 0 Å². The number of hydrogen-bond acceptors (Lipinski definition) is 5. The maximum absolute atomic E-state index is 12.8. The molecule has 1 amide bonds. The highest BCUT2D eigenvalue weighted by Crippen LogP contribution is 2.34. The lowest BCUT2D eigenvalue weighted by molar-refractivity contribution is 0.0764. The van der Waals surface area contributed by atoms with E-state index in [1.54, 1.807) is 43.0 Å². The van der Waals surface area contributed by atoms with Crippen molar-refractivity contribution in [1.82, 2.24) is 10.1 Å². The SMILES string of the molecule is Cc1noc(C)c1C(=O)N1CC[C@H](c2ccccc2Cl)S(=O)(=O)CC1. The molecule has 6 nitrogen and oxygen atoms in total. The summed E-state index contributed by atoms with van der Waals surface area (Å²) in [4.78, 5) is 14.3. The quantitative estimate of drug-likeness (QED) is 0.797. The molecule has 1 saturated heterocycles. The van der Waals surface area contributed by atoms with E-state index in [4.69, 9.17) is 16.1 Å². The van der Waals surface area contributed by atoms with Crippen LogP contribution in [0.25, 0.3) is 0 Å². The Kier molecular flexibility index (Phi) is 4.88. The Bertz CT molecular complexity index is 888. The number of hydrogen-bond donors (Lipinski definition) is 0. The number of aryl methyl sites for hydroxylation is 2. The molecule has 8 heteroatoms. The number of carbonyl (C=O) groups is 1. The van der Waals surface area contributed by atoms with Gasteiger partial charge in [-0.3, -0.25) is 4.79 Å². The van der Waals surface area contributed by atoms with E-state index in [1.165, 1.54) is 0 Å². The molecule has 1 fully saturated rings. The molecular weight excluding hydrogens is 364 g/mol. The second-order valence-electron chi connectivity index (χ2n) is 6.16. The number of sulfone groups is 1. The number of benzene rings is 1. The zero-order valence-corrected chi connectivity index (χ0v) is 15.6. The third-order valence-corrected chi connectivity index (χ3v) is 6.98. The molecule has 0 N–H and O–H groups in total. The van der Waals surface area contributed by atoms with Gasteiger partial charge in [-0.2, -0.15) is 0 Å². The van der Waals surface area contributed by atoms with Crippen LogP contribution in [-0.2, 0) is 9.84 Å². The van der Waals surface area contributed by atoms with Crippen LogP contribution in [0.2, 0.25) is 5.02 Å². The zero-order chi connectivity index (χ0) is 18.2. The van der Waals surface area contributed by atoms with Crippen LogP contribution in [0.4, 0.5) is 0 Å². The molecule has 2 aromatic rings. The lowest BCUT2D eigenvalue weighted by Crippen LogP contribution is -2.34. The van der Waals surface area contributed by atoms with Gasteiger partial charge in [0.25, 0.3) is 5.91 Å². The second-order valence-corrected chi connectivity index (χ2v) is 8.87. The highest BCUT2D eigenvalue weighted by atomic mass is 35.5. The summed E-state index contributed by atoms with van der Waals surface area (Å²) in [6.45, 7) is 3.85. The van der Waals surface area contributed by atoms with Crippen LogP contribution in [0.3, 0.4) is 0 Å². The molecule has 25 heavy (non-hydrogen) atoms. The van der Waals surface area contributed by atoms with Crippen LogP contribution in [-0.4, -0.2) is 43.2 Å². The Morgan fingerprint density at radius 2 is 2.00 bits per heavy atom. The first-order valence-corrected chi connectivity index (χ1v) is 10.1. The number of amides is 1. The van der Waals surface area contributed by atoms with Gasteiger partial charge < -0.3 is 9.42 Å². The van der Waals surface area contributed by atoms with Crippen LogP contribution in [0.1, 0.15) is 39.0 Å². The highest BCUT2D eigenvalue weighted by molar-refractivity contribution is 7.91. The molecule has 1 aromatic heterocycles. The van der Waals surface area contributed by atoms with Gasteiger partial charge in [0.2, 0.25) is 0 Å². The maximum atomic E-state index is 12.8. The summed E-state index contributed by atoms with van der Waals surface area (Å²) in [5.74, 6) is 0.0985. The molecule has 134 valence electrons. The summed E-state index contributed by atoms with van der Waals surface area (Å²) >= 11 is 6.19. The molecule has 0 unspecified atom stereocenters. The molecule has 1 atom stereocenters. The minimum Gasteiger partial charge on any atom is -0.361 e. The molecule has 1 aromatic carbocycles.